The molecule has 2 amide bonds. The van der Waals surface area contributed by atoms with Crippen LogP contribution in [0.15, 0.2) is 67.3 Å². The van der Waals surface area contributed by atoms with Gasteiger partial charge in [0.05, 0.1) is 28.8 Å². The summed E-state index contributed by atoms with van der Waals surface area (Å²) in [5, 5.41) is 17.9. The highest BCUT2D eigenvalue weighted by molar-refractivity contribution is 6.30. The van der Waals surface area contributed by atoms with Crippen molar-refractivity contribution in [2.24, 2.45) is 0 Å². The maximum atomic E-state index is 13.1. The standard InChI is InChI=1S/C27H25ClN8O2/c28-20-9-10-24(36-17-31-34-35-36)18(15-20)8-11-26(38)32-21-5-2-1-3-7-25(37)33-22-6-4-13-30-27(22)19-12-14-29-23(21)16-19/h4,6,8-17,21H,1-3,5,7H2,(H,32,38)(H,33,37)/b11-8+/t21-/m0/s1. The summed E-state index contributed by atoms with van der Waals surface area (Å²) in [6, 6.07) is 12.3. The van der Waals surface area contributed by atoms with E-state index < -0.39 is 0 Å². The van der Waals surface area contributed by atoms with E-state index in [1.807, 2.05) is 18.2 Å². The molecule has 0 fully saturated rings. The van der Waals surface area contributed by atoms with Crippen molar-refractivity contribution in [3.63, 3.8) is 0 Å². The van der Waals surface area contributed by atoms with Gasteiger partial charge < -0.3 is 10.6 Å². The highest BCUT2D eigenvalue weighted by atomic mass is 35.5. The number of nitrogens with one attached hydrogen (secondary N) is 2. The lowest BCUT2D eigenvalue weighted by atomic mass is 10.0. The molecule has 1 aliphatic heterocycles. The summed E-state index contributed by atoms with van der Waals surface area (Å²) in [6.07, 6.45) is 11.5. The lowest BCUT2D eigenvalue weighted by Gasteiger charge is -2.18. The van der Waals surface area contributed by atoms with Gasteiger partial charge in [0.15, 0.2) is 0 Å². The van der Waals surface area contributed by atoms with Crippen LogP contribution in [0.3, 0.4) is 0 Å². The average Bonchev–Trinajstić information content (AvgIpc) is 3.46. The molecule has 4 heterocycles. The minimum absolute atomic E-state index is 0.0372. The first kappa shape index (κ1) is 25.2. The number of hydrogen-bond donors (Lipinski definition) is 2. The van der Waals surface area contributed by atoms with Crippen molar-refractivity contribution in [3.8, 4) is 16.9 Å². The molecule has 0 radical (unpaired) electrons. The van der Waals surface area contributed by atoms with Gasteiger partial charge in [0.1, 0.15) is 6.33 Å². The van der Waals surface area contributed by atoms with Gasteiger partial charge in [-0.25, -0.2) is 0 Å². The molecule has 2 bridgehead atoms. The summed E-state index contributed by atoms with van der Waals surface area (Å²) in [5.41, 5.74) is 4.22. The Kier molecular flexibility index (Phi) is 7.79. The van der Waals surface area contributed by atoms with E-state index in [0.717, 1.165) is 30.5 Å². The predicted molar refractivity (Wildman–Crippen MR) is 143 cm³/mol. The van der Waals surface area contributed by atoms with Crippen molar-refractivity contribution < 1.29 is 9.59 Å². The molecule has 0 spiro atoms. The molecule has 0 aliphatic carbocycles. The monoisotopic (exact) mass is 528 g/mol. The van der Waals surface area contributed by atoms with Crippen LogP contribution in [-0.2, 0) is 9.59 Å². The number of aromatic nitrogens is 6. The zero-order valence-corrected chi connectivity index (χ0v) is 21.2. The van der Waals surface area contributed by atoms with E-state index in [1.54, 1.807) is 42.7 Å². The molecule has 38 heavy (non-hydrogen) atoms. The molecule has 5 rings (SSSR count). The topological polar surface area (TPSA) is 128 Å². The Morgan fingerprint density at radius 2 is 2.03 bits per heavy atom. The van der Waals surface area contributed by atoms with Crippen molar-refractivity contribution in [2.75, 3.05) is 5.32 Å². The predicted octanol–water partition coefficient (Wildman–Crippen LogP) is 4.55. The molecule has 0 unspecified atom stereocenters. The summed E-state index contributed by atoms with van der Waals surface area (Å²) >= 11 is 6.20. The van der Waals surface area contributed by atoms with Crippen LogP contribution in [0.25, 0.3) is 23.0 Å². The molecule has 10 nitrogen and oxygen atoms in total. The van der Waals surface area contributed by atoms with E-state index in [9.17, 15) is 9.59 Å². The smallest absolute Gasteiger partial charge is 0.244 e. The van der Waals surface area contributed by atoms with Crippen molar-refractivity contribution in [1.29, 1.82) is 0 Å². The van der Waals surface area contributed by atoms with Crippen molar-refractivity contribution in [3.05, 3.63) is 83.5 Å². The lowest BCUT2D eigenvalue weighted by Crippen LogP contribution is -2.27. The number of amides is 2. The number of anilines is 1. The Morgan fingerprint density at radius 1 is 1.11 bits per heavy atom. The molecular weight excluding hydrogens is 504 g/mol. The first-order valence-electron chi connectivity index (χ1n) is 12.3. The highest BCUT2D eigenvalue weighted by Gasteiger charge is 2.18. The highest BCUT2D eigenvalue weighted by Crippen LogP contribution is 2.29. The Balaban J connectivity index is 1.40. The molecule has 2 N–H and O–H groups in total. The third kappa shape index (κ3) is 6.09. The number of rotatable bonds is 4. The summed E-state index contributed by atoms with van der Waals surface area (Å²) in [6.45, 7) is 0. The van der Waals surface area contributed by atoms with E-state index in [-0.39, 0.29) is 17.9 Å². The Bertz CT molecular complexity index is 1470. The minimum atomic E-state index is -0.318. The van der Waals surface area contributed by atoms with E-state index in [4.69, 9.17) is 11.6 Å². The fraction of sp³-hybridized carbons (Fsp3) is 0.222. The van der Waals surface area contributed by atoms with Gasteiger partial charge in [0.25, 0.3) is 0 Å². The van der Waals surface area contributed by atoms with Crippen LogP contribution in [0.1, 0.15) is 49.4 Å². The first-order chi connectivity index (χ1) is 18.6. The normalized spacial score (nSPS) is 16.0. The Hall–Kier alpha value is -4.44. The minimum Gasteiger partial charge on any atom is -0.344 e. The van der Waals surface area contributed by atoms with Gasteiger partial charge in [0.2, 0.25) is 11.8 Å². The second kappa shape index (κ2) is 11.7. The van der Waals surface area contributed by atoms with Crippen LogP contribution in [0.2, 0.25) is 5.02 Å². The van der Waals surface area contributed by atoms with Gasteiger partial charge in [-0.15, -0.1) is 5.10 Å². The lowest BCUT2D eigenvalue weighted by molar-refractivity contribution is -0.117. The van der Waals surface area contributed by atoms with Crippen molar-refractivity contribution in [1.82, 2.24) is 35.5 Å². The van der Waals surface area contributed by atoms with Crippen LogP contribution < -0.4 is 10.6 Å². The number of carbonyl (C=O) groups is 2. The summed E-state index contributed by atoms with van der Waals surface area (Å²) in [5.74, 6) is -0.311. The van der Waals surface area contributed by atoms with E-state index in [0.29, 0.717) is 40.5 Å². The van der Waals surface area contributed by atoms with Crippen molar-refractivity contribution >= 4 is 35.2 Å². The molecule has 11 heteroatoms. The number of hydrogen-bond acceptors (Lipinski definition) is 7. The maximum Gasteiger partial charge on any atom is 0.244 e. The number of benzene rings is 1. The molecule has 1 aromatic carbocycles. The molecule has 0 saturated carbocycles. The Morgan fingerprint density at radius 3 is 2.89 bits per heavy atom. The molecular formula is C27H25ClN8O2. The van der Waals surface area contributed by atoms with Crippen LogP contribution in [0.5, 0.6) is 0 Å². The van der Waals surface area contributed by atoms with Gasteiger partial charge in [-0.2, -0.15) is 4.68 Å². The number of carbonyl (C=O) groups excluding carboxylic acids is 2. The summed E-state index contributed by atoms with van der Waals surface area (Å²) < 4.78 is 1.50. The fourth-order valence-electron chi connectivity index (χ4n) is 4.36. The zero-order chi connectivity index (χ0) is 26.3. The molecule has 3 aromatic heterocycles. The number of pyridine rings is 2. The quantitative estimate of drug-likeness (QED) is 0.372. The number of tetrazole rings is 1. The zero-order valence-electron chi connectivity index (χ0n) is 20.4. The average molecular weight is 529 g/mol. The maximum absolute atomic E-state index is 13.1. The van der Waals surface area contributed by atoms with Crippen LogP contribution >= 0.6 is 11.6 Å². The fourth-order valence-corrected chi connectivity index (χ4v) is 4.54. The van der Waals surface area contributed by atoms with Gasteiger partial charge in [0, 0.05) is 41.0 Å². The van der Waals surface area contributed by atoms with Crippen LogP contribution in [0.4, 0.5) is 5.69 Å². The second-order valence-corrected chi connectivity index (χ2v) is 9.30. The molecule has 4 aromatic rings. The van der Waals surface area contributed by atoms with Gasteiger partial charge in [-0.05, 0) is 71.8 Å². The number of nitrogens with zero attached hydrogens (tertiary/aromatic N) is 6. The SMILES string of the molecule is O=C(/C=C/c1cc(Cl)ccc1-n1cnnn1)N[C@H]1CCCCCC(=O)Nc2cccnc2-c2ccnc1c2. The van der Waals surface area contributed by atoms with Crippen LogP contribution in [0, 0.1) is 0 Å². The van der Waals surface area contributed by atoms with Gasteiger partial charge in [-0.1, -0.05) is 24.4 Å². The van der Waals surface area contributed by atoms with Crippen molar-refractivity contribution in [2.45, 2.75) is 38.1 Å². The second-order valence-electron chi connectivity index (χ2n) is 8.87. The van der Waals surface area contributed by atoms with Crippen LogP contribution in [-0.4, -0.2) is 42.0 Å². The largest absolute Gasteiger partial charge is 0.344 e. The van der Waals surface area contributed by atoms with Gasteiger partial charge >= 0.3 is 0 Å². The first-order valence-corrected chi connectivity index (χ1v) is 12.7. The Labute approximate surface area is 224 Å². The number of fused-ring (bicyclic) bond motifs is 4. The molecule has 192 valence electrons. The van der Waals surface area contributed by atoms with E-state index >= 15 is 0 Å². The molecule has 1 atom stereocenters. The van der Waals surface area contributed by atoms with Gasteiger partial charge in [-0.3, -0.25) is 19.6 Å². The van der Waals surface area contributed by atoms with E-state index in [2.05, 4.69) is 36.1 Å². The third-order valence-electron chi connectivity index (χ3n) is 6.21. The van der Waals surface area contributed by atoms with E-state index in [1.165, 1.54) is 17.1 Å². The summed E-state index contributed by atoms with van der Waals surface area (Å²) in [7, 11) is 0. The summed E-state index contributed by atoms with van der Waals surface area (Å²) in [4.78, 5) is 34.6. The molecule has 1 aliphatic rings. The molecule has 0 saturated heterocycles. The number of halogens is 1. The third-order valence-corrected chi connectivity index (χ3v) is 6.44.